The molecule has 1 amide bonds. The van der Waals surface area contributed by atoms with Gasteiger partial charge < -0.3 is 9.47 Å². The summed E-state index contributed by atoms with van der Waals surface area (Å²) < 4.78 is 10.4. The van der Waals surface area contributed by atoms with E-state index in [1.165, 1.54) is 4.90 Å². The molecule has 6 heteroatoms. The van der Waals surface area contributed by atoms with Crippen LogP contribution >= 0.6 is 0 Å². The first-order valence-corrected chi connectivity index (χ1v) is 7.68. The number of carbonyl (C=O) groups is 3. The Kier molecular flexibility index (Phi) is 4.92. The minimum atomic E-state index is -0.637. The van der Waals surface area contributed by atoms with Gasteiger partial charge in [0.15, 0.2) is 5.78 Å². The van der Waals surface area contributed by atoms with Gasteiger partial charge in [-0.25, -0.2) is 4.79 Å². The molecule has 1 fully saturated rings. The van der Waals surface area contributed by atoms with Crippen LogP contribution < -0.4 is 0 Å². The highest BCUT2D eigenvalue weighted by molar-refractivity contribution is 5.88. The summed E-state index contributed by atoms with van der Waals surface area (Å²) in [6.45, 7) is 5.89. The Labute approximate surface area is 136 Å². The number of hydrogen-bond donors (Lipinski definition) is 0. The predicted molar refractivity (Wildman–Crippen MR) is 83.7 cm³/mol. The van der Waals surface area contributed by atoms with Crippen molar-refractivity contribution in [1.29, 1.82) is 0 Å². The van der Waals surface area contributed by atoms with Crippen molar-refractivity contribution < 1.29 is 23.9 Å². The lowest BCUT2D eigenvalue weighted by Crippen LogP contribution is -2.50. The lowest BCUT2D eigenvalue weighted by molar-refractivity contribution is -0.132. The van der Waals surface area contributed by atoms with Gasteiger partial charge in [0, 0.05) is 11.8 Å². The highest BCUT2D eigenvalue weighted by Gasteiger charge is 2.48. The van der Waals surface area contributed by atoms with E-state index in [9.17, 15) is 14.4 Å². The summed E-state index contributed by atoms with van der Waals surface area (Å²) in [5, 5.41) is 0. The Morgan fingerprint density at radius 3 is 2.74 bits per heavy atom. The third-order valence-corrected chi connectivity index (χ3v) is 4.03. The molecular weight excluding hydrogens is 298 g/mol. The van der Waals surface area contributed by atoms with Crippen LogP contribution in [0.2, 0.25) is 0 Å². The van der Waals surface area contributed by atoms with E-state index in [1.807, 2.05) is 24.3 Å². The van der Waals surface area contributed by atoms with Crippen LogP contribution in [0.4, 0.5) is 4.79 Å². The van der Waals surface area contributed by atoms with E-state index < -0.39 is 17.1 Å². The van der Waals surface area contributed by atoms with Crippen molar-refractivity contribution >= 4 is 18.3 Å². The van der Waals surface area contributed by atoms with Gasteiger partial charge >= 0.3 is 6.09 Å². The fraction of sp³-hybridized carbons (Fsp3) is 0.588. The highest BCUT2D eigenvalue weighted by atomic mass is 16.6. The first-order chi connectivity index (χ1) is 10.8. The van der Waals surface area contributed by atoms with E-state index in [2.05, 4.69) is 0 Å². The van der Waals surface area contributed by atoms with Crippen LogP contribution in [0.3, 0.4) is 0 Å². The maximum atomic E-state index is 12.5. The average Bonchev–Trinajstić information content (AvgIpc) is 2.87. The number of amides is 1. The molecule has 0 bridgehead atoms. The lowest BCUT2D eigenvalue weighted by Gasteiger charge is -2.40. The molecule has 0 aromatic heterocycles. The Bertz CT molecular complexity index is 546. The molecule has 0 saturated carbocycles. The quantitative estimate of drug-likeness (QED) is 0.743. The number of likely N-dealkylation sites (tertiary alicyclic amines) is 1. The number of nitrogens with zero attached hydrogens (tertiary/aromatic N) is 1. The smallest absolute Gasteiger partial charge is 0.410 e. The molecule has 1 aliphatic heterocycles. The molecule has 2 atom stereocenters. The topological polar surface area (TPSA) is 72.9 Å². The lowest BCUT2D eigenvalue weighted by atomic mass is 9.74. The van der Waals surface area contributed by atoms with Gasteiger partial charge in [0.1, 0.15) is 12.2 Å². The third-order valence-electron chi connectivity index (χ3n) is 4.03. The van der Waals surface area contributed by atoms with Crippen molar-refractivity contribution in [2.24, 2.45) is 5.41 Å². The molecule has 1 heterocycles. The van der Waals surface area contributed by atoms with Gasteiger partial charge in [-0.05, 0) is 27.2 Å². The fourth-order valence-electron chi connectivity index (χ4n) is 3.04. The number of ether oxygens (including phenoxy) is 2. The number of hydrogen-bond acceptors (Lipinski definition) is 5. The van der Waals surface area contributed by atoms with Crippen LogP contribution in [0, 0.1) is 5.41 Å². The minimum absolute atomic E-state index is 0.0192. The molecule has 23 heavy (non-hydrogen) atoms. The number of rotatable bonds is 4. The molecule has 2 aliphatic rings. The van der Waals surface area contributed by atoms with Crippen LogP contribution in [0.15, 0.2) is 24.3 Å². The van der Waals surface area contributed by atoms with Gasteiger partial charge in [0.2, 0.25) is 0 Å². The minimum Gasteiger partial charge on any atom is -0.467 e. The van der Waals surface area contributed by atoms with Gasteiger partial charge in [0.25, 0.3) is 6.47 Å². The van der Waals surface area contributed by atoms with Crippen LogP contribution in [0.1, 0.15) is 33.6 Å². The van der Waals surface area contributed by atoms with Crippen molar-refractivity contribution in [3.05, 3.63) is 24.3 Å². The second-order valence-corrected chi connectivity index (χ2v) is 7.00. The molecule has 0 aromatic rings. The van der Waals surface area contributed by atoms with E-state index in [0.29, 0.717) is 12.9 Å². The first kappa shape index (κ1) is 17.2. The van der Waals surface area contributed by atoms with Crippen LogP contribution in [-0.4, -0.2) is 48.0 Å². The van der Waals surface area contributed by atoms with Crippen molar-refractivity contribution in [1.82, 2.24) is 4.90 Å². The van der Waals surface area contributed by atoms with E-state index in [1.54, 1.807) is 20.8 Å². The van der Waals surface area contributed by atoms with E-state index in [0.717, 1.165) is 0 Å². The highest BCUT2D eigenvalue weighted by Crippen LogP contribution is 2.40. The molecule has 6 nitrogen and oxygen atoms in total. The Balaban J connectivity index is 2.26. The summed E-state index contributed by atoms with van der Waals surface area (Å²) in [5.74, 6) is -0.0192. The van der Waals surface area contributed by atoms with E-state index in [4.69, 9.17) is 9.47 Å². The summed E-state index contributed by atoms with van der Waals surface area (Å²) in [6.07, 6.45) is 7.93. The average molecular weight is 321 g/mol. The number of carbonyl (C=O) groups excluding carboxylic acids is 3. The maximum absolute atomic E-state index is 12.5. The number of allylic oxidation sites excluding steroid dienone is 3. The molecule has 0 N–H and O–H groups in total. The van der Waals surface area contributed by atoms with Gasteiger partial charge in [0.05, 0.1) is 12.6 Å². The molecule has 2 rings (SSSR count). The summed E-state index contributed by atoms with van der Waals surface area (Å²) in [4.78, 5) is 36.6. The summed E-state index contributed by atoms with van der Waals surface area (Å²) in [7, 11) is 0. The van der Waals surface area contributed by atoms with Gasteiger partial charge in [-0.1, -0.05) is 24.3 Å². The number of ketones is 1. The van der Waals surface area contributed by atoms with E-state index >= 15 is 0 Å². The molecule has 126 valence electrons. The maximum Gasteiger partial charge on any atom is 0.410 e. The molecule has 1 aliphatic carbocycles. The second-order valence-electron chi connectivity index (χ2n) is 7.00. The zero-order valence-corrected chi connectivity index (χ0v) is 13.8. The second kappa shape index (κ2) is 6.56. The third kappa shape index (κ3) is 4.00. The van der Waals surface area contributed by atoms with Crippen molar-refractivity contribution in [3.63, 3.8) is 0 Å². The molecular formula is C17H23NO5. The molecule has 0 spiro atoms. The molecule has 0 aromatic carbocycles. The molecule has 0 radical (unpaired) electrons. The SMILES string of the molecule is CC(C)(C)OC(=O)N1CC(=O)C[C@H]1C1(COC=O)C=CC=CC1. The Morgan fingerprint density at radius 1 is 1.43 bits per heavy atom. The Hall–Kier alpha value is -2.11. The zero-order chi connectivity index (χ0) is 17.1. The zero-order valence-electron chi connectivity index (χ0n) is 13.8. The Morgan fingerprint density at radius 2 is 2.17 bits per heavy atom. The van der Waals surface area contributed by atoms with Crippen molar-refractivity contribution in [3.8, 4) is 0 Å². The standard InChI is InChI=1S/C17H23NO5/c1-16(2,3)23-15(21)18-10-13(20)9-14(18)17(11-22-12-19)7-5-4-6-8-17/h4-7,12,14H,8-11H2,1-3H3/t14-,17?/m0/s1. The monoisotopic (exact) mass is 321 g/mol. The number of Topliss-reactive ketones (excluding diaryl/α,β-unsaturated/α-hetero) is 1. The van der Waals surface area contributed by atoms with Crippen molar-refractivity contribution in [2.75, 3.05) is 13.2 Å². The van der Waals surface area contributed by atoms with Crippen LogP contribution in [0.5, 0.6) is 0 Å². The largest absolute Gasteiger partial charge is 0.467 e. The van der Waals surface area contributed by atoms with E-state index in [-0.39, 0.29) is 31.4 Å². The summed E-state index contributed by atoms with van der Waals surface area (Å²) in [5.41, 5.74) is -1.24. The summed E-state index contributed by atoms with van der Waals surface area (Å²) >= 11 is 0. The van der Waals surface area contributed by atoms with Gasteiger partial charge in [-0.3, -0.25) is 14.5 Å². The van der Waals surface area contributed by atoms with Gasteiger partial charge in [-0.2, -0.15) is 0 Å². The van der Waals surface area contributed by atoms with Crippen molar-refractivity contribution in [2.45, 2.75) is 45.3 Å². The molecule has 1 saturated heterocycles. The predicted octanol–water partition coefficient (Wildman–Crippen LogP) is 2.24. The van der Waals surface area contributed by atoms with Crippen LogP contribution in [0.25, 0.3) is 0 Å². The van der Waals surface area contributed by atoms with Crippen LogP contribution in [-0.2, 0) is 19.1 Å². The molecule has 1 unspecified atom stereocenters. The van der Waals surface area contributed by atoms with Gasteiger partial charge in [-0.15, -0.1) is 0 Å². The first-order valence-electron chi connectivity index (χ1n) is 7.68. The fourth-order valence-corrected chi connectivity index (χ4v) is 3.04. The summed E-state index contributed by atoms with van der Waals surface area (Å²) in [6, 6.07) is -0.383. The normalized spacial score (nSPS) is 27.2.